The SMILES string of the molecule is Cc1nc2sc3c(c2c2nc(-c4ccc(N(C)C)cc4)nn12)C[C@@H](C)CC3. The van der Waals surface area contributed by atoms with Gasteiger partial charge >= 0.3 is 0 Å². The minimum absolute atomic E-state index is 0.720. The topological polar surface area (TPSA) is 46.3 Å². The third-order valence-electron chi connectivity index (χ3n) is 5.53. The molecule has 0 amide bonds. The van der Waals surface area contributed by atoms with Crippen molar-refractivity contribution < 1.29 is 0 Å². The number of fused-ring (bicyclic) bond motifs is 5. The average Bonchev–Trinajstić information content (AvgIpc) is 3.23. The van der Waals surface area contributed by atoms with Gasteiger partial charge in [-0.15, -0.1) is 16.4 Å². The zero-order valence-electron chi connectivity index (χ0n) is 16.2. The van der Waals surface area contributed by atoms with Crippen LogP contribution in [0.25, 0.3) is 27.3 Å². The van der Waals surface area contributed by atoms with Crippen molar-refractivity contribution in [2.24, 2.45) is 5.92 Å². The predicted molar refractivity (Wildman–Crippen MR) is 112 cm³/mol. The van der Waals surface area contributed by atoms with Crippen LogP contribution in [0.3, 0.4) is 0 Å². The average molecular weight is 378 g/mol. The molecular formula is C21H23N5S. The molecule has 0 saturated carbocycles. The molecule has 0 N–H and O–H groups in total. The molecule has 3 heterocycles. The monoisotopic (exact) mass is 377 g/mol. The minimum Gasteiger partial charge on any atom is -0.378 e. The summed E-state index contributed by atoms with van der Waals surface area (Å²) >= 11 is 1.84. The lowest BCUT2D eigenvalue weighted by Gasteiger charge is -2.17. The first-order valence-electron chi connectivity index (χ1n) is 9.46. The standard InChI is InChI=1S/C21H23N5S/c1-12-5-10-17-16(11-12)18-20-23-19(14-6-8-15(9-7-14)25(3)4)24-26(20)13(2)22-21(18)27-17/h6-9,12H,5,10-11H2,1-4H3/t12-/m0/s1. The summed E-state index contributed by atoms with van der Waals surface area (Å²) in [5.41, 5.74) is 4.61. The molecule has 6 heteroatoms. The summed E-state index contributed by atoms with van der Waals surface area (Å²) in [6.07, 6.45) is 3.55. The number of hydrogen-bond acceptors (Lipinski definition) is 5. The summed E-state index contributed by atoms with van der Waals surface area (Å²) in [7, 11) is 4.09. The van der Waals surface area contributed by atoms with Crippen molar-refractivity contribution in [2.45, 2.75) is 33.1 Å². The van der Waals surface area contributed by atoms with Gasteiger partial charge in [-0.05, 0) is 61.9 Å². The van der Waals surface area contributed by atoms with Crippen LogP contribution in [0.15, 0.2) is 24.3 Å². The minimum atomic E-state index is 0.720. The maximum atomic E-state index is 4.96. The fourth-order valence-corrected chi connectivity index (χ4v) is 5.23. The van der Waals surface area contributed by atoms with E-state index in [1.165, 1.54) is 27.9 Å². The lowest BCUT2D eigenvalue weighted by molar-refractivity contribution is 0.508. The number of aryl methyl sites for hydroxylation is 2. The van der Waals surface area contributed by atoms with E-state index in [1.807, 2.05) is 36.9 Å². The number of nitrogens with zero attached hydrogens (tertiary/aromatic N) is 5. The zero-order chi connectivity index (χ0) is 18.7. The summed E-state index contributed by atoms with van der Waals surface area (Å²) in [5.74, 6) is 2.38. The van der Waals surface area contributed by atoms with Gasteiger partial charge in [-0.3, -0.25) is 0 Å². The van der Waals surface area contributed by atoms with Crippen molar-refractivity contribution in [3.8, 4) is 11.4 Å². The molecule has 1 aliphatic carbocycles. The highest BCUT2D eigenvalue weighted by molar-refractivity contribution is 7.19. The van der Waals surface area contributed by atoms with E-state index in [0.29, 0.717) is 0 Å². The normalized spacial score (nSPS) is 16.8. The van der Waals surface area contributed by atoms with E-state index in [-0.39, 0.29) is 0 Å². The van der Waals surface area contributed by atoms with Crippen LogP contribution < -0.4 is 4.90 Å². The summed E-state index contributed by atoms with van der Waals surface area (Å²) < 4.78 is 1.92. The van der Waals surface area contributed by atoms with Crippen molar-refractivity contribution in [1.82, 2.24) is 19.6 Å². The number of anilines is 1. The highest BCUT2D eigenvalue weighted by atomic mass is 32.1. The van der Waals surface area contributed by atoms with Crippen LogP contribution in [-0.4, -0.2) is 33.7 Å². The van der Waals surface area contributed by atoms with Gasteiger partial charge in [-0.1, -0.05) is 6.92 Å². The molecule has 5 rings (SSSR count). The number of benzene rings is 1. The Morgan fingerprint density at radius 1 is 1.15 bits per heavy atom. The van der Waals surface area contributed by atoms with E-state index in [9.17, 15) is 0 Å². The summed E-state index contributed by atoms with van der Waals surface area (Å²) in [6.45, 7) is 4.36. The maximum absolute atomic E-state index is 4.96. The Morgan fingerprint density at radius 2 is 1.93 bits per heavy atom. The van der Waals surface area contributed by atoms with Crippen molar-refractivity contribution in [3.05, 3.63) is 40.5 Å². The van der Waals surface area contributed by atoms with Gasteiger partial charge in [0, 0.05) is 30.2 Å². The maximum Gasteiger partial charge on any atom is 0.182 e. The van der Waals surface area contributed by atoms with Gasteiger partial charge in [0.1, 0.15) is 10.7 Å². The van der Waals surface area contributed by atoms with E-state index < -0.39 is 0 Å². The lowest BCUT2D eigenvalue weighted by Crippen LogP contribution is -2.09. The molecule has 138 valence electrons. The molecule has 0 aliphatic heterocycles. The quantitative estimate of drug-likeness (QED) is 0.516. The first-order valence-corrected chi connectivity index (χ1v) is 10.3. The van der Waals surface area contributed by atoms with Crippen LogP contribution >= 0.6 is 11.3 Å². The van der Waals surface area contributed by atoms with E-state index in [2.05, 4.69) is 36.1 Å². The van der Waals surface area contributed by atoms with Gasteiger partial charge in [0.25, 0.3) is 0 Å². The molecule has 1 aromatic carbocycles. The second-order valence-corrected chi connectivity index (χ2v) is 8.89. The van der Waals surface area contributed by atoms with Gasteiger partial charge in [-0.25, -0.2) is 9.97 Å². The van der Waals surface area contributed by atoms with Crippen molar-refractivity contribution >= 4 is 32.9 Å². The molecule has 0 spiro atoms. The number of rotatable bonds is 2. The van der Waals surface area contributed by atoms with Crippen molar-refractivity contribution in [2.75, 3.05) is 19.0 Å². The Hall–Kier alpha value is -2.47. The second kappa shape index (κ2) is 6.02. The Morgan fingerprint density at radius 3 is 2.67 bits per heavy atom. The predicted octanol–water partition coefficient (Wildman–Crippen LogP) is 4.51. The summed E-state index contributed by atoms with van der Waals surface area (Å²) in [4.78, 5) is 14.5. The van der Waals surface area contributed by atoms with E-state index >= 15 is 0 Å². The van der Waals surface area contributed by atoms with Gasteiger partial charge in [-0.2, -0.15) is 4.52 Å². The van der Waals surface area contributed by atoms with Gasteiger partial charge in [0.15, 0.2) is 11.5 Å². The third kappa shape index (κ3) is 2.62. The van der Waals surface area contributed by atoms with Crippen LogP contribution in [0.4, 0.5) is 5.69 Å². The third-order valence-corrected chi connectivity index (χ3v) is 6.72. The zero-order valence-corrected chi connectivity index (χ0v) is 17.0. The Labute approximate surface area is 162 Å². The fraction of sp³-hybridized carbons (Fsp3) is 0.381. The molecule has 5 nitrogen and oxygen atoms in total. The molecule has 3 aromatic heterocycles. The largest absolute Gasteiger partial charge is 0.378 e. The fourth-order valence-electron chi connectivity index (χ4n) is 3.98. The van der Waals surface area contributed by atoms with Crippen LogP contribution in [0.5, 0.6) is 0 Å². The molecule has 0 bridgehead atoms. The van der Waals surface area contributed by atoms with Crippen molar-refractivity contribution in [1.29, 1.82) is 0 Å². The molecule has 0 unspecified atom stereocenters. The molecule has 0 saturated heterocycles. The molecule has 1 aliphatic rings. The van der Waals surface area contributed by atoms with Gasteiger partial charge < -0.3 is 4.90 Å². The second-order valence-electron chi connectivity index (χ2n) is 7.80. The number of aromatic nitrogens is 4. The van der Waals surface area contributed by atoms with Gasteiger partial charge in [0.05, 0.1) is 5.39 Å². The lowest BCUT2D eigenvalue weighted by atomic mass is 9.89. The summed E-state index contributed by atoms with van der Waals surface area (Å²) in [6, 6.07) is 8.40. The smallest absolute Gasteiger partial charge is 0.182 e. The molecule has 0 fully saturated rings. The van der Waals surface area contributed by atoms with E-state index in [4.69, 9.17) is 15.1 Å². The first kappa shape index (κ1) is 16.7. The van der Waals surface area contributed by atoms with Crippen molar-refractivity contribution in [3.63, 3.8) is 0 Å². The van der Waals surface area contributed by atoms with E-state index in [0.717, 1.165) is 46.4 Å². The van der Waals surface area contributed by atoms with Crippen LogP contribution in [0.1, 0.15) is 29.6 Å². The molecule has 4 aromatic rings. The van der Waals surface area contributed by atoms with Crippen LogP contribution in [-0.2, 0) is 12.8 Å². The Balaban J connectivity index is 1.71. The number of thiophene rings is 1. The molecular weight excluding hydrogens is 354 g/mol. The summed E-state index contributed by atoms with van der Waals surface area (Å²) in [5, 5.41) is 6.01. The first-order chi connectivity index (χ1) is 13.0. The Kier molecular flexibility index (Phi) is 3.72. The van der Waals surface area contributed by atoms with E-state index in [1.54, 1.807) is 0 Å². The molecule has 27 heavy (non-hydrogen) atoms. The van der Waals surface area contributed by atoms with Crippen LogP contribution in [0.2, 0.25) is 0 Å². The molecule has 0 radical (unpaired) electrons. The van der Waals surface area contributed by atoms with Gasteiger partial charge in [0.2, 0.25) is 0 Å². The highest BCUT2D eigenvalue weighted by Crippen LogP contribution is 2.39. The molecule has 1 atom stereocenters. The highest BCUT2D eigenvalue weighted by Gasteiger charge is 2.24. The van der Waals surface area contributed by atoms with Crippen LogP contribution in [0, 0.1) is 12.8 Å². The number of hydrogen-bond donors (Lipinski definition) is 0. The Bertz CT molecular complexity index is 1150.